The molecule has 3 aromatic carbocycles. The Morgan fingerprint density at radius 1 is 0.882 bits per heavy atom. The fourth-order valence-electron chi connectivity index (χ4n) is 3.55. The van der Waals surface area contributed by atoms with Crippen LogP contribution in [0.2, 0.25) is 0 Å². The number of aromatic nitrogens is 4. The molecule has 7 nitrogen and oxygen atoms in total. The molecule has 0 bridgehead atoms. The molecule has 0 saturated heterocycles. The van der Waals surface area contributed by atoms with Gasteiger partial charge in [0.15, 0.2) is 0 Å². The van der Waals surface area contributed by atoms with Crippen molar-refractivity contribution in [3.05, 3.63) is 102 Å². The molecule has 0 aliphatic rings. The van der Waals surface area contributed by atoms with Gasteiger partial charge in [0.1, 0.15) is 11.6 Å². The summed E-state index contributed by atoms with van der Waals surface area (Å²) in [6.07, 6.45) is 0. The van der Waals surface area contributed by atoms with Gasteiger partial charge in [-0.1, -0.05) is 17.7 Å². The second-order valence-electron chi connectivity index (χ2n) is 7.87. The maximum atomic E-state index is 13.3. The molecule has 168 valence electrons. The molecule has 0 fully saturated rings. The number of hydrogen-bond acceptors (Lipinski definition) is 5. The van der Waals surface area contributed by atoms with Gasteiger partial charge in [0, 0.05) is 22.8 Å². The zero-order valence-corrected chi connectivity index (χ0v) is 18.5. The molecule has 5 aromatic rings. The minimum absolute atomic E-state index is 0.305. The average Bonchev–Trinajstić information content (AvgIpc) is 3.47. The predicted octanol–water partition coefficient (Wildman–Crippen LogP) is 5.60. The average molecular weight is 453 g/mol. The van der Waals surface area contributed by atoms with Crippen LogP contribution in [-0.2, 0) is 0 Å². The molecule has 2 heterocycles. The highest BCUT2D eigenvalue weighted by Gasteiger charge is 2.15. The number of anilines is 1. The summed E-state index contributed by atoms with van der Waals surface area (Å²) in [5, 5.41) is 15.5. The van der Waals surface area contributed by atoms with Crippen LogP contribution in [0.25, 0.3) is 28.6 Å². The minimum atomic E-state index is -0.342. The largest absolute Gasteiger partial charge is 0.416 e. The number of benzene rings is 3. The molecule has 0 aliphatic heterocycles. The van der Waals surface area contributed by atoms with Crippen molar-refractivity contribution < 1.29 is 13.6 Å². The summed E-state index contributed by atoms with van der Waals surface area (Å²) in [7, 11) is 0. The number of nitrogens with zero attached hydrogens (tertiary/aromatic N) is 4. The maximum Gasteiger partial charge on any atom is 0.256 e. The van der Waals surface area contributed by atoms with Crippen molar-refractivity contribution in [3.63, 3.8) is 0 Å². The van der Waals surface area contributed by atoms with Gasteiger partial charge >= 0.3 is 0 Å². The van der Waals surface area contributed by atoms with E-state index in [1.807, 2.05) is 38.1 Å². The summed E-state index contributed by atoms with van der Waals surface area (Å²) in [4.78, 5) is 12.9. The Hall–Kier alpha value is -4.59. The lowest BCUT2D eigenvalue weighted by atomic mass is 10.1. The quantitative estimate of drug-likeness (QED) is 0.375. The van der Waals surface area contributed by atoms with Crippen molar-refractivity contribution in [2.45, 2.75) is 13.8 Å². The van der Waals surface area contributed by atoms with Crippen molar-refractivity contribution in [3.8, 4) is 28.6 Å². The lowest BCUT2D eigenvalue weighted by Crippen LogP contribution is -2.15. The molecule has 0 atom stereocenters. The lowest BCUT2D eigenvalue weighted by molar-refractivity contribution is 0.102. The molecular weight excluding hydrogens is 433 g/mol. The van der Waals surface area contributed by atoms with E-state index in [1.54, 1.807) is 47.1 Å². The molecule has 0 radical (unpaired) electrons. The highest BCUT2D eigenvalue weighted by molar-refractivity contribution is 6.04. The molecule has 1 amide bonds. The molecule has 8 heteroatoms. The van der Waals surface area contributed by atoms with E-state index in [9.17, 15) is 9.18 Å². The maximum absolute atomic E-state index is 13.3. The van der Waals surface area contributed by atoms with Crippen LogP contribution >= 0.6 is 0 Å². The predicted molar refractivity (Wildman–Crippen MR) is 126 cm³/mol. The van der Waals surface area contributed by atoms with Gasteiger partial charge in [0.2, 0.25) is 11.8 Å². The van der Waals surface area contributed by atoms with Crippen molar-refractivity contribution in [1.29, 1.82) is 0 Å². The molecule has 0 saturated carbocycles. The van der Waals surface area contributed by atoms with Gasteiger partial charge in [0.25, 0.3) is 5.91 Å². The number of amides is 1. The van der Waals surface area contributed by atoms with Gasteiger partial charge in [-0.15, -0.1) is 10.2 Å². The second-order valence-corrected chi connectivity index (χ2v) is 7.87. The third-order valence-corrected chi connectivity index (χ3v) is 5.23. The molecule has 2 aromatic heterocycles. The fourth-order valence-corrected chi connectivity index (χ4v) is 3.55. The highest BCUT2D eigenvalue weighted by Crippen LogP contribution is 2.25. The summed E-state index contributed by atoms with van der Waals surface area (Å²) in [6.45, 7) is 3.82. The number of nitrogens with one attached hydrogen (secondary N) is 1. The number of aryl methyl sites for hydroxylation is 2. The van der Waals surface area contributed by atoms with E-state index in [-0.39, 0.29) is 11.7 Å². The first-order chi connectivity index (χ1) is 16.5. The van der Waals surface area contributed by atoms with Crippen LogP contribution in [0.15, 0.2) is 83.3 Å². The summed E-state index contributed by atoms with van der Waals surface area (Å²) >= 11 is 0. The van der Waals surface area contributed by atoms with Crippen LogP contribution in [0.5, 0.6) is 0 Å². The molecule has 0 unspecified atom stereocenters. The van der Waals surface area contributed by atoms with Gasteiger partial charge in [0.05, 0.1) is 11.4 Å². The van der Waals surface area contributed by atoms with Crippen LogP contribution in [0.4, 0.5) is 10.2 Å². The van der Waals surface area contributed by atoms with Gasteiger partial charge in [-0.05, 0) is 74.5 Å². The zero-order valence-electron chi connectivity index (χ0n) is 18.5. The Morgan fingerprint density at radius 3 is 2.29 bits per heavy atom. The number of halogens is 1. The van der Waals surface area contributed by atoms with Crippen LogP contribution in [0.3, 0.4) is 0 Å². The van der Waals surface area contributed by atoms with Crippen LogP contribution < -0.4 is 5.32 Å². The monoisotopic (exact) mass is 453 g/mol. The van der Waals surface area contributed by atoms with Crippen molar-refractivity contribution in [1.82, 2.24) is 20.0 Å². The molecule has 0 spiro atoms. The lowest BCUT2D eigenvalue weighted by Gasteiger charge is -2.09. The number of rotatable bonds is 5. The van der Waals surface area contributed by atoms with Gasteiger partial charge in [-0.25, -0.2) is 9.07 Å². The van der Waals surface area contributed by atoms with Crippen molar-refractivity contribution >= 4 is 11.7 Å². The Bertz CT molecular complexity index is 1470. The SMILES string of the molecule is Cc1cccc(-c2nnc(-c3ccc(C(=O)Nc4cc(C)nn4-c4ccc(F)cc4)cc3)o2)c1. The van der Waals surface area contributed by atoms with Gasteiger partial charge < -0.3 is 9.73 Å². The summed E-state index contributed by atoms with van der Waals surface area (Å²) in [5.74, 6) is 0.641. The normalized spacial score (nSPS) is 10.9. The third-order valence-electron chi connectivity index (χ3n) is 5.23. The summed E-state index contributed by atoms with van der Waals surface area (Å²) in [6, 6.07) is 22.3. The van der Waals surface area contributed by atoms with Crippen LogP contribution in [-0.4, -0.2) is 25.9 Å². The first-order valence-corrected chi connectivity index (χ1v) is 10.6. The van der Waals surface area contributed by atoms with E-state index in [4.69, 9.17) is 4.42 Å². The summed E-state index contributed by atoms with van der Waals surface area (Å²) in [5.41, 5.74) is 4.46. The number of carbonyl (C=O) groups is 1. The van der Waals surface area contributed by atoms with E-state index in [1.165, 1.54) is 12.1 Å². The van der Waals surface area contributed by atoms with E-state index in [2.05, 4.69) is 20.6 Å². The topological polar surface area (TPSA) is 85.8 Å². The molecular formula is C26H20FN5O2. The number of hydrogen-bond donors (Lipinski definition) is 1. The number of carbonyl (C=O) groups excluding carboxylic acids is 1. The Kier molecular flexibility index (Phi) is 5.47. The van der Waals surface area contributed by atoms with E-state index < -0.39 is 0 Å². The van der Waals surface area contributed by atoms with Gasteiger partial charge in [-0.2, -0.15) is 5.10 Å². The smallest absolute Gasteiger partial charge is 0.256 e. The van der Waals surface area contributed by atoms with Crippen LogP contribution in [0.1, 0.15) is 21.6 Å². The molecule has 0 aliphatic carbocycles. The molecule has 5 rings (SSSR count). The zero-order chi connectivity index (χ0) is 23.7. The third kappa shape index (κ3) is 4.33. The van der Waals surface area contributed by atoms with Crippen LogP contribution in [0, 0.1) is 19.7 Å². The fraction of sp³-hybridized carbons (Fsp3) is 0.0769. The first-order valence-electron chi connectivity index (χ1n) is 10.6. The standard InChI is InChI=1S/C26H20FN5O2/c1-16-4-3-5-20(14-16)26-30-29-25(34-26)19-8-6-18(7-9-19)24(33)28-23-15-17(2)31-32(23)22-12-10-21(27)11-13-22/h3-15H,1-2H3,(H,28,33). The van der Waals surface area contributed by atoms with Crippen molar-refractivity contribution in [2.24, 2.45) is 0 Å². The highest BCUT2D eigenvalue weighted by atomic mass is 19.1. The Labute approximate surface area is 194 Å². The van der Waals surface area contributed by atoms with Gasteiger partial charge in [-0.3, -0.25) is 4.79 Å². The minimum Gasteiger partial charge on any atom is -0.416 e. The summed E-state index contributed by atoms with van der Waals surface area (Å²) < 4.78 is 20.7. The Morgan fingerprint density at radius 2 is 1.59 bits per heavy atom. The van der Waals surface area contributed by atoms with E-state index in [0.29, 0.717) is 34.4 Å². The van der Waals surface area contributed by atoms with E-state index in [0.717, 1.165) is 16.8 Å². The second kappa shape index (κ2) is 8.74. The first kappa shape index (κ1) is 21.3. The molecule has 34 heavy (non-hydrogen) atoms. The molecule has 1 N–H and O–H groups in total. The van der Waals surface area contributed by atoms with Crippen molar-refractivity contribution in [2.75, 3.05) is 5.32 Å². The van der Waals surface area contributed by atoms with E-state index >= 15 is 0 Å². The Balaban J connectivity index is 1.34.